The highest BCUT2D eigenvalue weighted by Crippen LogP contribution is 2.26. The smallest absolute Gasteiger partial charge is 0.0715 e. The van der Waals surface area contributed by atoms with E-state index in [-0.39, 0.29) is 0 Å². The van der Waals surface area contributed by atoms with Crippen molar-refractivity contribution in [1.29, 1.82) is 0 Å². The van der Waals surface area contributed by atoms with Crippen molar-refractivity contribution in [2.45, 2.75) is 64.5 Å². The van der Waals surface area contributed by atoms with Crippen LogP contribution in [0.4, 0.5) is 0 Å². The fourth-order valence-corrected chi connectivity index (χ4v) is 2.21. The van der Waals surface area contributed by atoms with Gasteiger partial charge in [-0.25, -0.2) is 0 Å². The van der Waals surface area contributed by atoms with E-state index in [2.05, 4.69) is 12.2 Å². The van der Waals surface area contributed by atoms with E-state index in [0.717, 1.165) is 5.92 Å². The van der Waals surface area contributed by atoms with Crippen LogP contribution < -0.4 is 5.32 Å². The summed E-state index contributed by atoms with van der Waals surface area (Å²) in [6.07, 6.45) is 6.91. The lowest BCUT2D eigenvalue weighted by atomic mass is 9.84. The summed E-state index contributed by atoms with van der Waals surface area (Å²) in [5.74, 6) is 0.825. The first-order chi connectivity index (χ1) is 6.49. The molecule has 1 aliphatic carbocycles. The third kappa shape index (κ3) is 4.43. The Bertz CT molecular complexity index is 156. The number of hydrogen-bond acceptors (Lipinski definition) is 2. The van der Waals surface area contributed by atoms with Crippen molar-refractivity contribution in [3.05, 3.63) is 0 Å². The van der Waals surface area contributed by atoms with Crippen LogP contribution in [0.1, 0.15) is 52.9 Å². The van der Waals surface area contributed by atoms with Crippen molar-refractivity contribution < 1.29 is 5.11 Å². The maximum Gasteiger partial charge on any atom is 0.0715 e. The van der Waals surface area contributed by atoms with Gasteiger partial charge in [0.25, 0.3) is 0 Å². The molecule has 1 saturated carbocycles. The third-order valence-electron chi connectivity index (χ3n) is 3.21. The molecule has 0 aromatic rings. The van der Waals surface area contributed by atoms with Crippen molar-refractivity contribution in [2.75, 3.05) is 6.54 Å². The highest BCUT2D eigenvalue weighted by atomic mass is 16.3. The standard InChI is InChI=1S/C12H25NO/c1-10(13-9-12(2,3)14)11-7-5-4-6-8-11/h10-11,13-14H,4-9H2,1-3H3/t10-/m1/s1. The number of rotatable bonds is 4. The summed E-state index contributed by atoms with van der Waals surface area (Å²) in [6, 6.07) is 0.557. The Morgan fingerprint density at radius 1 is 1.29 bits per heavy atom. The Hall–Kier alpha value is -0.0800. The summed E-state index contributed by atoms with van der Waals surface area (Å²) < 4.78 is 0. The molecule has 0 saturated heterocycles. The molecule has 1 aliphatic rings. The van der Waals surface area contributed by atoms with Crippen LogP contribution >= 0.6 is 0 Å². The van der Waals surface area contributed by atoms with Crippen molar-refractivity contribution >= 4 is 0 Å². The largest absolute Gasteiger partial charge is 0.389 e. The SMILES string of the molecule is C[C@@H](NCC(C)(C)O)C1CCCCC1. The Balaban J connectivity index is 2.23. The van der Waals surface area contributed by atoms with Crippen LogP contribution in [0.15, 0.2) is 0 Å². The summed E-state index contributed by atoms with van der Waals surface area (Å²) in [7, 11) is 0. The summed E-state index contributed by atoms with van der Waals surface area (Å²) in [5.41, 5.74) is -0.580. The molecular formula is C12H25NO. The second-order valence-corrected chi connectivity index (χ2v) is 5.38. The molecular weight excluding hydrogens is 174 g/mol. The van der Waals surface area contributed by atoms with Crippen molar-refractivity contribution in [1.82, 2.24) is 5.32 Å². The predicted molar refractivity (Wildman–Crippen MR) is 60.3 cm³/mol. The molecule has 14 heavy (non-hydrogen) atoms. The van der Waals surface area contributed by atoms with E-state index in [1.165, 1.54) is 32.1 Å². The lowest BCUT2D eigenvalue weighted by molar-refractivity contribution is 0.0730. The lowest BCUT2D eigenvalue weighted by Gasteiger charge is -2.30. The van der Waals surface area contributed by atoms with Crippen LogP contribution in [0.2, 0.25) is 0 Å². The lowest BCUT2D eigenvalue weighted by Crippen LogP contribution is -2.43. The van der Waals surface area contributed by atoms with Crippen LogP contribution in [0, 0.1) is 5.92 Å². The fourth-order valence-electron chi connectivity index (χ4n) is 2.21. The van der Waals surface area contributed by atoms with Crippen molar-refractivity contribution in [2.24, 2.45) is 5.92 Å². The van der Waals surface area contributed by atoms with Crippen LogP contribution in [0.5, 0.6) is 0 Å². The average molecular weight is 199 g/mol. The number of hydrogen-bond donors (Lipinski definition) is 2. The average Bonchev–Trinajstić information content (AvgIpc) is 2.14. The van der Waals surface area contributed by atoms with E-state index in [1.807, 2.05) is 13.8 Å². The van der Waals surface area contributed by atoms with E-state index in [0.29, 0.717) is 12.6 Å². The Labute approximate surface area is 88.1 Å². The third-order valence-corrected chi connectivity index (χ3v) is 3.21. The molecule has 2 N–H and O–H groups in total. The van der Waals surface area contributed by atoms with Gasteiger partial charge < -0.3 is 10.4 Å². The number of aliphatic hydroxyl groups is 1. The fraction of sp³-hybridized carbons (Fsp3) is 1.00. The molecule has 0 amide bonds. The van der Waals surface area contributed by atoms with Crippen LogP contribution in [0.25, 0.3) is 0 Å². The Morgan fingerprint density at radius 2 is 1.86 bits per heavy atom. The van der Waals surface area contributed by atoms with Gasteiger partial charge in [0, 0.05) is 12.6 Å². The van der Waals surface area contributed by atoms with Gasteiger partial charge in [0.1, 0.15) is 0 Å². The highest BCUT2D eigenvalue weighted by Gasteiger charge is 2.21. The quantitative estimate of drug-likeness (QED) is 0.728. The predicted octanol–water partition coefficient (Wildman–Crippen LogP) is 2.32. The van der Waals surface area contributed by atoms with Crippen LogP contribution in [-0.2, 0) is 0 Å². The minimum atomic E-state index is -0.580. The van der Waals surface area contributed by atoms with Gasteiger partial charge in [-0.3, -0.25) is 0 Å². The normalized spacial score (nSPS) is 22.3. The Kier molecular flexibility index (Phi) is 4.39. The molecule has 0 bridgehead atoms. The second-order valence-electron chi connectivity index (χ2n) is 5.38. The van der Waals surface area contributed by atoms with Gasteiger partial charge in [-0.15, -0.1) is 0 Å². The molecule has 2 nitrogen and oxygen atoms in total. The first-order valence-electron chi connectivity index (χ1n) is 5.95. The molecule has 1 fully saturated rings. The monoisotopic (exact) mass is 199 g/mol. The first kappa shape index (κ1) is 12.0. The van der Waals surface area contributed by atoms with Crippen molar-refractivity contribution in [3.8, 4) is 0 Å². The summed E-state index contributed by atoms with van der Waals surface area (Å²) >= 11 is 0. The topological polar surface area (TPSA) is 32.3 Å². The van der Waals surface area contributed by atoms with Gasteiger partial charge in [0.15, 0.2) is 0 Å². The summed E-state index contributed by atoms with van der Waals surface area (Å²) in [4.78, 5) is 0. The number of nitrogens with one attached hydrogen (secondary N) is 1. The van der Waals surface area contributed by atoms with Gasteiger partial charge in [0.2, 0.25) is 0 Å². The second kappa shape index (κ2) is 5.13. The maximum absolute atomic E-state index is 9.60. The van der Waals surface area contributed by atoms with E-state index in [1.54, 1.807) is 0 Å². The van der Waals surface area contributed by atoms with Crippen LogP contribution in [-0.4, -0.2) is 23.3 Å². The molecule has 1 rings (SSSR count). The van der Waals surface area contributed by atoms with Gasteiger partial charge in [-0.1, -0.05) is 19.3 Å². The molecule has 0 aromatic carbocycles. The zero-order chi connectivity index (χ0) is 10.6. The van der Waals surface area contributed by atoms with E-state index in [4.69, 9.17) is 0 Å². The van der Waals surface area contributed by atoms with Gasteiger partial charge in [-0.05, 0) is 39.5 Å². The minimum absolute atomic E-state index is 0.557. The van der Waals surface area contributed by atoms with E-state index >= 15 is 0 Å². The van der Waals surface area contributed by atoms with Gasteiger partial charge >= 0.3 is 0 Å². The molecule has 0 radical (unpaired) electrons. The Morgan fingerprint density at radius 3 is 2.36 bits per heavy atom. The maximum atomic E-state index is 9.60. The zero-order valence-corrected chi connectivity index (χ0v) is 9.84. The first-order valence-corrected chi connectivity index (χ1v) is 5.95. The van der Waals surface area contributed by atoms with Crippen molar-refractivity contribution in [3.63, 3.8) is 0 Å². The van der Waals surface area contributed by atoms with Gasteiger partial charge in [0.05, 0.1) is 5.60 Å². The molecule has 84 valence electrons. The van der Waals surface area contributed by atoms with E-state index in [9.17, 15) is 5.11 Å². The highest BCUT2D eigenvalue weighted by molar-refractivity contribution is 4.78. The molecule has 0 aliphatic heterocycles. The molecule has 0 spiro atoms. The van der Waals surface area contributed by atoms with Crippen LogP contribution in [0.3, 0.4) is 0 Å². The van der Waals surface area contributed by atoms with E-state index < -0.39 is 5.60 Å². The molecule has 0 unspecified atom stereocenters. The van der Waals surface area contributed by atoms with Gasteiger partial charge in [-0.2, -0.15) is 0 Å². The minimum Gasteiger partial charge on any atom is -0.389 e. The molecule has 1 atom stereocenters. The molecule has 0 heterocycles. The summed E-state index contributed by atoms with van der Waals surface area (Å²) in [5, 5.41) is 13.0. The molecule has 2 heteroatoms. The molecule has 0 aromatic heterocycles. The zero-order valence-electron chi connectivity index (χ0n) is 9.84. The summed E-state index contributed by atoms with van der Waals surface area (Å²) in [6.45, 7) is 6.66.